The van der Waals surface area contributed by atoms with Crippen LogP contribution in [0.4, 0.5) is 0 Å². The second-order valence-corrected chi connectivity index (χ2v) is 3.63. The molecule has 0 spiro atoms. The molecule has 0 aliphatic carbocycles. The standard InChI is InChI=1S/C12H17NO/c1-4-5-13-12(14)11-7-9(2)6-10(3)8-11/h6-8H,4-5H2,1-3H3,(H,13,14). The Morgan fingerprint density at radius 1 is 1.21 bits per heavy atom. The molecule has 14 heavy (non-hydrogen) atoms. The van der Waals surface area contributed by atoms with E-state index in [9.17, 15) is 4.79 Å². The smallest absolute Gasteiger partial charge is 0.251 e. The molecule has 0 atom stereocenters. The number of nitrogens with one attached hydrogen (secondary N) is 1. The van der Waals surface area contributed by atoms with Crippen LogP contribution in [0.3, 0.4) is 0 Å². The third kappa shape index (κ3) is 2.87. The predicted octanol–water partition coefficient (Wildman–Crippen LogP) is 2.44. The van der Waals surface area contributed by atoms with Gasteiger partial charge in [-0.1, -0.05) is 24.1 Å². The highest BCUT2D eigenvalue weighted by molar-refractivity contribution is 5.94. The first-order valence-electron chi connectivity index (χ1n) is 5.00. The van der Waals surface area contributed by atoms with E-state index in [0.717, 1.165) is 29.7 Å². The molecule has 0 radical (unpaired) electrons. The van der Waals surface area contributed by atoms with Gasteiger partial charge in [0.25, 0.3) is 5.91 Å². The zero-order valence-electron chi connectivity index (χ0n) is 9.05. The lowest BCUT2D eigenvalue weighted by Crippen LogP contribution is -2.24. The van der Waals surface area contributed by atoms with Crippen molar-refractivity contribution in [3.8, 4) is 0 Å². The van der Waals surface area contributed by atoms with Crippen molar-refractivity contribution in [1.82, 2.24) is 5.32 Å². The molecular formula is C12H17NO. The molecular weight excluding hydrogens is 174 g/mol. The van der Waals surface area contributed by atoms with E-state index in [4.69, 9.17) is 0 Å². The number of amides is 1. The van der Waals surface area contributed by atoms with Gasteiger partial charge in [-0.25, -0.2) is 0 Å². The molecule has 0 heterocycles. The number of hydrogen-bond acceptors (Lipinski definition) is 1. The van der Waals surface area contributed by atoms with Crippen LogP contribution < -0.4 is 5.32 Å². The van der Waals surface area contributed by atoms with Crippen LogP contribution >= 0.6 is 0 Å². The first kappa shape index (κ1) is 10.8. The van der Waals surface area contributed by atoms with Crippen molar-refractivity contribution in [2.75, 3.05) is 6.54 Å². The van der Waals surface area contributed by atoms with E-state index in [1.807, 2.05) is 32.9 Å². The number of carbonyl (C=O) groups is 1. The molecule has 1 aromatic carbocycles. The lowest BCUT2D eigenvalue weighted by Gasteiger charge is -2.05. The number of hydrogen-bond donors (Lipinski definition) is 1. The van der Waals surface area contributed by atoms with Crippen LogP contribution in [-0.4, -0.2) is 12.5 Å². The summed E-state index contributed by atoms with van der Waals surface area (Å²) < 4.78 is 0. The summed E-state index contributed by atoms with van der Waals surface area (Å²) in [5, 5.41) is 2.86. The van der Waals surface area contributed by atoms with Crippen LogP contribution in [0.2, 0.25) is 0 Å². The third-order valence-electron chi connectivity index (χ3n) is 2.02. The van der Waals surface area contributed by atoms with Crippen molar-refractivity contribution in [2.45, 2.75) is 27.2 Å². The second kappa shape index (κ2) is 4.80. The fourth-order valence-corrected chi connectivity index (χ4v) is 1.45. The quantitative estimate of drug-likeness (QED) is 0.781. The van der Waals surface area contributed by atoms with Crippen LogP contribution in [0.25, 0.3) is 0 Å². The first-order chi connectivity index (χ1) is 6.63. The number of carbonyl (C=O) groups excluding carboxylic acids is 1. The van der Waals surface area contributed by atoms with Gasteiger partial charge in [0, 0.05) is 12.1 Å². The van der Waals surface area contributed by atoms with Gasteiger partial charge in [0.2, 0.25) is 0 Å². The maximum atomic E-state index is 11.6. The van der Waals surface area contributed by atoms with Gasteiger partial charge in [-0.3, -0.25) is 4.79 Å². The number of rotatable bonds is 3. The molecule has 0 aromatic heterocycles. The van der Waals surface area contributed by atoms with E-state index in [1.54, 1.807) is 0 Å². The van der Waals surface area contributed by atoms with E-state index >= 15 is 0 Å². The molecule has 0 fully saturated rings. The van der Waals surface area contributed by atoms with E-state index in [0.29, 0.717) is 0 Å². The molecule has 0 saturated heterocycles. The normalized spacial score (nSPS) is 9.93. The molecule has 0 aliphatic rings. The highest BCUT2D eigenvalue weighted by Crippen LogP contribution is 2.08. The summed E-state index contributed by atoms with van der Waals surface area (Å²) in [6.45, 7) is 6.79. The van der Waals surface area contributed by atoms with Crippen LogP contribution in [-0.2, 0) is 0 Å². The SMILES string of the molecule is CCCNC(=O)c1cc(C)cc(C)c1. The molecule has 1 rings (SSSR count). The van der Waals surface area contributed by atoms with Gasteiger partial charge in [-0.15, -0.1) is 0 Å². The molecule has 1 N–H and O–H groups in total. The van der Waals surface area contributed by atoms with Gasteiger partial charge in [-0.2, -0.15) is 0 Å². The Hall–Kier alpha value is -1.31. The average Bonchev–Trinajstić information content (AvgIpc) is 2.12. The van der Waals surface area contributed by atoms with Gasteiger partial charge in [0.05, 0.1) is 0 Å². The fraction of sp³-hybridized carbons (Fsp3) is 0.417. The Morgan fingerprint density at radius 2 is 1.79 bits per heavy atom. The fourth-order valence-electron chi connectivity index (χ4n) is 1.45. The molecule has 0 saturated carbocycles. The molecule has 76 valence electrons. The molecule has 0 unspecified atom stereocenters. The summed E-state index contributed by atoms with van der Waals surface area (Å²) in [7, 11) is 0. The van der Waals surface area contributed by atoms with Gasteiger partial charge in [0.15, 0.2) is 0 Å². The summed E-state index contributed by atoms with van der Waals surface area (Å²) in [4.78, 5) is 11.6. The van der Waals surface area contributed by atoms with Crippen molar-refractivity contribution in [2.24, 2.45) is 0 Å². The predicted molar refractivity (Wildman–Crippen MR) is 58.5 cm³/mol. The Balaban J connectivity index is 2.79. The van der Waals surface area contributed by atoms with Crippen LogP contribution in [0.15, 0.2) is 18.2 Å². The molecule has 2 heteroatoms. The molecule has 2 nitrogen and oxygen atoms in total. The zero-order valence-corrected chi connectivity index (χ0v) is 9.05. The monoisotopic (exact) mass is 191 g/mol. The van der Waals surface area contributed by atoms with E-state index < -0.39 is 0 Å². The average molecular weight is 191 g/mol. The summed E-state index contributed by atoms with van der Waals surface area (Å²) in [6.07, 6.45) is 0.969. The largest absolute Gasteiger partial charge is 0.352 e. The highest BCUT2D eigenvalue weighted by Gasteiger charge is 2.04. The summed E-state index contributed by atoms with van der Waals surface area (Å²) in [6, 6.07) is 5.90. The topological polar surface area (TPSA) is 29.1 Å². The van der Waals surface area contributed by atoms with Crippen LogP contribution in [0.1, 0.15) is 34.8 Å². The Bertz CT molecular complexity index is 311. The van der Waals surface area contributed by atoms with Gasteiger partial charge in [0.1, 0.15) is 0 Å². The van der Waals surface area contributed by atoms with Crippen molar-refractivity contribution in [3.05, 3.63) is 34.9 Å². The van der Waals surface area contributed by atoms with E-state index in [2.05, 4.69) is 11.4 Å². The van der Waals surface area contributed by atoms with Gasteiger partial charge in [-0.05, 0) is 32.4 Å². The molecule has 1 aromatic rings. The van der Waals surface area contributed by atoms with Crippen LogP contribution in [0, 0.1) is 13.8 Å². The first-order valence-corrected chi connectivity index (χ1v) is 5.00. The van der Waals surface area contributed by atoms with Crippen molar-refractivity contribution >= 4 is 5.91 Å². The molecule has 0 bridgehead atoms. The van der Waals surface area contributed by atoms with E-state index in [1.165, 1.54) is 0 Å². The molecule has 0 aliphatic heterocycles. The summed E-state index contributed by atoms with van der Waals surface area (Å²) in [5.74, 6) is 0.0265. The number of aryl methyl sites for hydroxylation is 2. The van der Waals surface area contributed by atoms with Gasteiger partial charge < -0.3 is 5.32 Å². The summed E-state index contributed by atoms with van der Waals surface area (Å²) >= 11 is 0. The third-order valence-corrected chi connectivity index (χ3v) is 2.02. The van der Waals surface area contributed by atoms with Gasteiger partial charge >= 0.3 is 0 Å². The van der Waals surface area contributed by atoms with Crippen molar-refractivity contribution in [3.63, 3.8) is 0 Å². The number of benzene rings is 1. The van der Waals surface area contributed by atoms with E-state index in [-0.39, 0.29) is 5.91 Å². The minimum atomic E-state index is 0.0265. The summed E-state index contributed by atoms with van der Waals surface area (Å²) in [5.41, 5.74) is 3.02. The highest BCUT2D eigenvalue weighted by atomic mass is 16.1. The van der Waals surface area contributed by atoms with Crippen molar-refractivity contribution in [1.29, 1.82) is 0 Å². The maximum absolute atomic E-state index is 11.6. The Morgan fingerprint density at radius 3 is 2.29 bits per heavy atom. The Kier molecular flexibility index (Phi) is 3.69. The minimum Gasteiger partial charge on any atom is -0.352 e. The maximum Gasteiger partial charge on any atom is 0.251 e. The zero-order chi connectivity index (χ0) is 10.6. The molecule has 1 amide bonds. The minimum absolute atomic E-state index is 0.0265. The second-order valence-electron chi connectivity index (χ2n) is 3.63. The Labute approximate surface area is 85.3 Å². The lowest BCUT2D eigenvalue weighted by atomic mass is 10.1. The lowest BCUT2D eigenvalue weighted by molar-refractivity contribution is 0.0953. The van der Waals surface area contributed by atoms with Crippen molar-refractivity contribution < 1.29 is 4.79 Å². The van der Waals surface area contributed by atoms with Crippen LogP contribution in [0.5, 0.6) is 0 Å².